The van der Waals surface area contributed by atoms with E-state index in [0.717, 1.165) is 51.4 Å². The smallest absolute Gasteiger partial charge is 0.172 e. The summed E-state index contributed by atoms with van der Waals surface area (Å²) in [6.07, 6.45) is 11.5. The molecular formula is C36H34N4O2S4. The first kappa shape index (κ1) is 35.0. The van der Waals surface area contributed by atoms with Crippen molar-refractivity contribution in [3.63, 3.8) is 0 Å². The van der Waals surface area contributed by atoms with Crippen LogP contribution in [-0.2, 0) is 0 Å². The van der Waals surface area contributed by atoms with Crippen LogP contribution in [0.25, 0.3) is 29.3 Å². The van der Waals surface area contributed by atoms with E-state index in [-0.39, 0.29) is 33.8 Å². The average molecular weight is 683 g/mol. The fraction of sp³-hybridized carbons (Fsp3) is 0.389. The predicted octanol–water partition coefficient (Wildman–Crippen LogP) is 11.5. The Balaban J connectivity index is 1.66. The summed E-state index contributed by atoms with van der Waals surface area (Å²) in [7, 11) is 0. The van der Waals surface area contributed by atoms with Gasteiger partial charge in [0.2, 0.25) is 0 Å². The van der Waals surface area contributed by atoms with Gasteiger partial charge in [0, 0.05) is 22.6 Å². The van der Waals surface area contributed by atoms with E-state index >= 15 is 0 Å². The number of hydrogen-bond donors (Lipinski definition) is 0. The number of carbonyl (C=O) groups excluding carboxylic acids is 2. The number of hydrogen-bond acceptors (Lipinski definition) is 10. The number of thiophene rings is 4. The minimum absolute atomic E-state index is 0.0714. The molecule has 0 aliphatic rings. The van der Waals surface area contributed by atoms with Crippen LogP contribution < -0.4 is 0 Å². The van der Waals surface area contributed by atoms with Gasteiger partial charge in [0.1, 0.15) is 24.3 Å². The van der Waals surface area contributed by atoms with E-state index in [1.807, 2.05) is 12.1 Å². The van der Waals surface area contributed by atoms with Gasteiger partial charge in [0.15, 0.2) is 11.6 Å². The zero-order valence-corrected chi connectivity index (χ0v) is 29.3. The highest BCUT2D eigenvalue weighted by Crippen LogP contribution is 2.50. The molecule has 4 heterocycles. The summed E-state index contributed by atoms with van der Waals surface area (Å²) in [4.78, 5) is 30.4. The molecule has 0 aliphatic heterocycles. The SMILES string of the molecule is CCCCCCCC(=O)c1ccc(-c2sc(-c3sc(-c4ccc(C(=O)CCCCCCC)s4)c(C#N)c3C#N)c(C#N)c2C#N)s1. The van der Waals surface area contributed by atoms with E-state index in [9.17, 15) is 30.6 Å². The molecule has 0 amide bonds. The fourth-order valence-electron chi connectivity index (χ4n) is 5.20. The van der Waals surface area contributed by atoms with Crippen molar-refractivity contribution in [1.29, 1.82) is 21.0 Å². The molecule has 0 saturated carbocycles. The van der Waals surface area contributed by atoms with Gasteiger partial charge in [-0.15, -0.1) is 45.3 Å². The summed E-state index contributed by atoms with van der Waals surface area (Å²) in [6.45, 7) is 4.31. The third-order valence-electron chi connectivity index (χ3n) is 7.69. The van der Waals surface area contributed by atoms with Crippen molar-refractivity contribution >= 4 is 56.9 Å². The lowest BCUT2D eigenvalue weighted by molar-refractivity contribution is 0.0975. The van der Waals surface area contributed by atoms with Gasteiger partial charge in [-0.3, -0.25) is 9.59 Å². The fourth-order valence-corrected chi connectivity index (χ4v) is 9.92. The molecule has 0 aliphatic carbocycles. The zero-order chi connectivity index (χ0) is 33.1. The predicted molar refractivity (Wildman–Crippen MR) is 189 cm³/mol. The molecule has 234 valence electrons. The number of nitrogens with zero attached hydrogens (tertiary/aromatic N) is 4. The van der Waals surface area contributed by atoms with Crippen molar-refractivity contribution < 1.29 is 9.59 Å². The van der Waals surface area contributed by atoms with Crippen LogP contribution in [-0.4, -0.2) is 11.6 Å². The lowest BCUT2D eigenvalue weighted by Crippen LogP contribution is -1.95. The Morgan fingerprint density at radius 1 is 0.500 bits per heavy atom. The summed E-state index contributed by atoms with van der Waals surface area (Å²) in [5.74, 6) is 0.143. The van der Waals surface area contributed by atoms with E-state index in [2.05, 4.69) is 38.1 Å². The minimum atomic E-state index is 0.0714. The maximum absolute atomic E-state index is 12.9. The van der Waals surface area contributed by atoms with Gasteiger partial charge < -0.3 is 0 Å². The van der Waals surface area contributed by atoms with Crippen LogP contribution in [0.4, 0.5) is 0 Å². The summed E-state index contributed by atoms with van der Waals surface area (Å²) < 4.78 is 0. The van der Waals surface area contributed by atoms with E-state index in [4.69, 9.17) is 0 Å². The van der Waals surface area contributed by atoms with Crippen molar-refractivity contribution in [3.05, 3.63) is 56.3 Å². The van der Waals surface area contributed by atoms with Gasteiger partial charge in [-0.05, 0) is 37.1 Å². The lowest BCUT2D eigenvalue weighted by atomic mass is 10.1. The number of rotatable bonds is 17. The number of Topliss-reactive ketones (excluding diaryl/α,β-unsaturated/α-hetero) is 2. The molecule has 46 heavy (non-hydrogen) atoms. The second-order valence-electron chi connectivity index (χ2n) is 11.0. The van der Waals surface area contributed by atoms with Crippen LogP contribution in [0.2, 0.25) is 0 Å². The molecular weight excluding hydrogens is 649 g/mol. The maximum Gasteiger partial charge on any atom is 0.172 e. The first-order chi connectivity index (χ1) is 22.4. The normalized spacial score (nSPS) is 10.7. The molecule has 10 heteroatoms. The highest BCUT2D eigenvalue weighted by Gasteiger charge is 2.29. The minimum Gasteiger partial charge on any atom is -0.293 e. The van der Waals surface area contributed by atoms with Gasteiger partial charge >= 0.3 is 0 Å². The second-order valence-corrected chi connectivity index (χ2v) is 15.2. The first-order valence-corrected chi connectivity index (χ1v) is 18.9. The third-order valence-corrected chi connectivity index (χ3v) is 12.9. The van der Waals surface area contributed by atoms with Crippen LogP contribution in [0, 0.1) is 45.3 Å². The van der Waals surface area contributed by atoms with Crippen molar-refractivity contribution in [1.82, 2.24) is 0 Å². The molecule has 0 radical (unpaired) electrons. The molecule has 4 aromatic rings. The third kappa shape index (κ3) is 7.90. The van der Waals surface area contributed by atoms with Crippen molar-refractivity contribution in [3.8, 4) is 53.5 Å². The largest absolute Gasteiger partial charge is 0.293 e. The summed E-state index contributed by atoms with van der Waals surface area (Å²) in [5.41, 5.74) is 0.698. The second kappa shape index (κ2) is 17.1. The number of carbonyl (C=O) groups is 2. The molecule has 0 saturated heterocycles. The molecule has 4 rings (SSSR count). The molecule has 4 aromatic heterocycles. The summed E-state index contributed by atoms with van der Waals surface area (Å²) in [6, 6.07) is 15.9. The molecule has 0 aromatic carbocycles. The Morgan fingerprint density at radius 3 is 1.20 bits per heavy atom. The Kier molecular flexibility index (Phi) is 13.0. The van der Waals surface area contributed by atoms with Gasteiger partial charge in [-0.25, -0.2) is 0 Å². The van der Waals surface area contributed by atoms with E-state index in [1.54, 1.807) is 12.1 Å². The van der Waals surface area contributed by atoms with Crippen LogP contribution in [0.15, 0.2) is 24.3 Å². The zero-order valence-electron chi connectivity index (χ0n) is 26.0. The maximum atomic E-state index is 12.9. The van der Waals surface area contributed by atoms with E-state index in [1.165, 1.54) is 58.2 Å². The Morgan fingerprint density at radius 2 is 0.848 bits per heavy atom. The van der Waals surface area contributed by atoms with Gasteiger partial charge in [0.05, 0.1) is 51.5 Å². The van der Waals surface area contributed by atoms with Gasteiger partial charge in [-0.1, -0.05) is 65.2 Å². The number of ketones is 2. The Labute approximate surface area is 286 Å². The van der Waals surface area contributed by atoms with E-state index < -0.39 is 0 Å². The molecule has 0 unspecified atom stereocenters. The molecule has 0 N–H and O–H groups in total. The Bertz CT molecular complexity index is 1740. The van der Waals surface area contributed by atoms with Crippen LogP contribution in [0.5, 0.6) is 0 Å². The molecule has 0 fully saturated rings. The standard InChI is InChI=1S/C36H34N4O2S4/c1-3-5-7-9-11-13-27(41)29-15-17-31(43-29)33-23(19-37)25(21-39)35(45-33)36-26(22-40)24(20-38)34(46-36)32-18-16-30(44-32)28(42)14-12-10-8-6-4-2/h15-18H,3-14H2,1-2H3. The monoisotopic (exact) mass is 682 g/mol. The molecule has 6 nitrogen and oxygen atoms in total. The topological polar surface area (TPSA) is 129 Å². The van der Waals surface area contributed by atoms with E-state index in [0.29, 0.717) is 51.9 Å². The number of nitriles is 4. The Hall–Kier alpha value is -3.90. The highest BCUT2D eigenvalue weighted by molar-refractivity contribution is 7.29. The van der Waals surface area contributed by atoms with Crippen molar-refractivity contribution in [2.45, 2.75) is 90.9 Å². The quantitative estimate of drug-likeness (QED) is 0.0804. The van der Waals surface area contributed by atoms with Gasteiger partial charge in [0.25, 0.3) is 0 Å². The van der Waals surface area contributed by atoms with Crippen molar-refractivity contribution in [2.75, 3.05) is 0 Å². The molecule has 0 atom stereocenters. The highest BCUT2D eigenvalue weighted by atomic mass is 32.1. The van der Waals surface area contributed by atoms with Gasteiger partial charge in [-0.2, -0.15) is 21.0 Å². The van der Waals surface area contributed by atoms with Crippen LogP contribution in [0.1, 0.15) is 132 Å². The molecule has 0 bridgehead atoms. The molecule has 0 spiro atoms. The lowest BCUT2D eigenvalue weighted by Gasteiger charge is -1.99. The summed E-state index contributed by atoms with van der Waals surface area (Å²) in [5, 5.41) is 40.6. The van der Waals surface area contributed by atoms with Crippen molar-refractivity contribution in [2.24, 2.45) is 0 Å². The van der Waals surface area contributed by atoms with Crippen LogP contribution in [0.3, 0.4) is 0 Å². The van der Waals surface area contributed by atoms with Crippen LogP contribution >= 0.6 is 45.3 Å². The summed E-state index contributed by atoms with van der Waals surface area (Å²) >= 11 is 5.08. The first-order valence-electron chi connectivity index (χ1n) is 15.6. The number of unbranched alkanes of at least 4 members (excludes halogenated alkanes) is 8. The average Bonchev–Trinajstić information content (AvgIpc) is 3.87.